The standard InChI is InChI=1S/C41H72O9/c1-25(21-29(5)34(43)24-35(44)30(6)22-27(3)20-26(2)14-15-38(46)47)12-11-13-28(4)39(48)31(7)36(45)23-33-16-18-41(10,49-33)37-17-19-40(9,50-37)32(8)42/h11,13,24-33,36-37,39,42-43,45,48H,12,14-23H2,1-10H3,(H,46,47)/b13-11+,34-24-/t25-,26-,27+,28+,29-,30+,31-,32+,33+,36+,37+,39+,40-,41+/m1/s1. The summed E-state index contributed by atoms with van der Waals surface area (Å²) in [5, 5.41) is 51.9. The van der Waals surface area contributed by atoms with Gasteiger partial charge in [0.25, 0.3) is 0 Å². The average Bonchev–Trinajstić information content (AvgIpc) is 3.63. The van der Waals surface area contributed by atoms with E-state index < -0.39 is 35.5 Å². The Kier molecular flexibility index (Phi) is 17.7. The van der Waals surface area contributed by atoms with E-state index >= 15 is 0 Å². The topological polar surface area (TPSA) is 154 Å². The van der Waals surface area contributed by atoms with E-state index in [0.717, 1.165) is 38.5 Å². The summed E-state index contributed by atoms with van der Waals surface area (Å²) in [4.78, 5) is 23.7. The first-order chi connectivity index (χ1) is 23.2. The van der Waals surface area contributed by atoms with Crippen molar-refractivity contribution < 1.29 is 44.6 Å². The smallest absolute Gasteiger partial charge is 0.303 e. The molecule has 50 heavy (non-hydrogen) atoms. The molecule has 5 N–H and O–H groups in total. The van der Waals surface area contributed by atoms with Crippen molar-refractivity contribution in [1.82, 2.24) is 0 Å². The number of carboxylic acids is 1. The molecule has 9 heteroatoms. The Balaban J connectivity index is 1.77. The van der Waals surface area contributed by atoms with Crippen molar-refractivity contribution in [2.45, 2.75) is 182 Å². The van der Waals surface area contributed by atoms with Gasteiger partial charge in [-0.1, -0.05) is 60.6 Å². The van der Waals surface area contributed by atoms with Gasteiger partial charge in [0.15, 0.2) is 5.78 Å². The molecule has 0 aromatic heterocycles. The second-order valence-electron chi connectivity index (χ2n) is 17.1. The molecule has 2 rings (SSSR count). The Labute approximate surface area is 302 Å². The number of carbonyl (C=O) groups is 2. The maximum atomic E-state index is 12.8. The first kappa shape index (κ1) is 44.4. The molecular formula is C41H72O9. The molecule has 2 heterocycles. The van der Waals surface area contributed by atoms with Crippen molar-refractivity contribution in [3.8, 4) is 0 Å². The van der Waals surface area contributed by atoms with Crippen molar-refractivity contribution >= 4 is 11.8 Å². The Hall–Kier alpha value is -1.78. The Morgan fingerprint density at radius 3 is 2.06 bits per heavy atom. The van der Waals surface area contributed by atoms with Gasteiger partial charge in [0.05, 0.1) is 47.5 Å². The van der Waals surface area contributed by atoms with Crippen LogP contribution in [0.5, 0.6) is 0 Å². The molecule has 0 aromatic carbocycles. The van der Waals surface area contributed by atoms with Crippen LogP contribution in [0.3, 0.4) is 0 Å². The molecule has 2 fully saturated rings. The van der Waals surface area contributed by atoms with Gasteiger partial charge >= 0.3 is 5.97 Å². The summed E-state index contributed by atoms with van der Waals surface area (Å²) in [7, 11) is 0. The van der Waals surface area contributed by atoms with Crippen molar-refractivity contribution in [2.24, 2.45) is 41.4 Å². The van der Waals surface area contributed by atoms with Crippen molar-refractivity contribution in [3.63, 3.8) is 0 Å². The third-order valence-electron chi connectivity index (χ3n) is 11.9. The zero-order valence-electron chi connectivity index (χ0n) is 32.8. The van der Waals surface area contributed by atoms with E-state index in [9.17, 15) is 30.0 Å². The lowest BCUT2D eigenvalue weighted by atomic mass is 9.85. The predicted molar refractivity (Wildman–Crippen MR) is 198 cm³/mol. The first-order valence-corrected chi connectivity index (χ1v) is 19.4. The van der Waals surface area contributed by atoms with Crippen LogP contribution in [0.4, 0.5) is 0 Å². The van der Waals surface area contributed by atoms with Crippen LogP contribution in [0.1, 0.15) is 140 Å². The fourth-order valence-electron chi connectivity index (χ4n) is 8.02. The summed E-state index contributed by atoms with van der Waals surface area (Å²) in [6.45, 7) is 19.7. The molecule has 2 aliphatic heterocycles. The van der Waals surface area contributed by atoms with Gasteiger partial charge in [-0.05, 0) is 103 Å². The summed E-state index contributed by atoms with van der Waals surface area (Å²) >= 11 is 0. The quantitative estimate of drug-likeness (QED) is 0.0431. The van der Waals surface area contributed by atoms with E-state index in [0.29, 0.717) is 25.7 Å². The molecular weight excluding hydrogens is 636 g/mol. The number of carboxylic acid groups (broad SMARTS) is 1. The largest absolute Gasteiger partial charge is 0.512 e. The third-order valence-corrected chi connectivity index (χ3v) is 11.9. The van der Waals surface area contributed by atoms with Crippen molar-refractivity contribution in [2.75, 3.05) is 0 Å². The van der Waals surface area contributed by atoms with E-state index in [-0.39, 0.29) is 71.6 Å². The number of rotatable bonds is 22. The van der Waals surface area contributed by atoms with Gasteiger partial charge in [-0.2, -0.15) is 0 Å². The zero-order valence-corrected chi connectivity index (χ0v) is 32.8. The molecule has 0 saturated carbocycles. The molecule has 9 nitrogen and oxygen atoms in total. The number of aliphatic carboxylic acids is 1. The van der Waals surface area contributed by atoms with E-state index in [2.05, 4.69) is 33.8 Å². The molecule has 14 atom stereocenters. The molecule has 0 spiro atoms. The van der Waals surface area contributed by atoms with Gasteiger partial charge in [-0.3, -0.25) is 9.59 Å². The van der Waals surface area contributed by atoms with Crippen LogP contribution in [-0.4, -0.2) is 79.0 Å². The van der Waals surface area contributed by atoms with Crippen molar-refractivity contribution in [3.05, 3.63) is 24.0 Å². The van der Waals surface area contributed by atoms with Gasteiger partial charge in [0.1, 0.15) is 0 Å². The fraction of sp³-hybridized carbons (Fsp3) is 0.854. The highest BCUT2D eigenvalue weighted by Crippen LogP contribution is 2.45. The van der Waals surface area contributed by atoms with Crippen LogP contribution in [0, 0.1) is 41.4 Å². The lowest BCUT2D eigenvalue weighted by Gasteiger charge is -2.35. The first-order valence-electron chi connectivity index (χ1n) is 19.4. The van der Waals surface area contributed by atoms with Gasteiger partial charge in [0, 0.05) is 36.2 Å². The van der Waals surface area contributed by atoms with Crippen molar-refractivity contribution in [1.29, 1.82) is 0 Å². The number of carbonyl (C=O) groups excluding carboxylic acids is 1. The maximum Gasteiger partial charge on any atom is 0.303 e. The summed E-state index contributed by atoms with van der Waals surface area (Å²) < 4.78 is 12.7. The van der Waals surface area contributed by atoms with Crippen LogP contribution in [0.25, 0.3) is 0 Å². The molecule has 0 unspecified atom stereocenters. The fourth-order valence-corrected chi connectivity index (χ4v) is 8.02. The average molecular weight is 709 g/mol. The SMILES string of the molecule is C[C@H](CCC(=O)O)C[C@H](C)C[C@H](C)C(=O)/C=C(\O)[C@H](C)C[C@H](C)C/C=C/[C@H](C)[C@H](O)[C@H](C)[C@@H](O)C[C@@H]1CC[C@@](C)([C@@H]2CC[C@](C)([C@H](C)O)O2)O1. The Morgan fingerprint density at radius 1 is 0.820 bits per heavy atom. The van der Waals surface area contributed by atoms with Crippen LogP contribution >= 0.6 is 0 Å². The summed E-state index contributed by atoms with van der Waals surface area (Å²) in [5.74, 6) is -0.810. The van der Waals surface area contributed by atoms with Crippen LogP contribution in [-0.2, 0) is 19.1 Å². The summed E-state index contributed by atoms with van der Waals surface area (Å²) in [5.41, 5.74) is -1.01. The van der Waals surface area contributed by atoms with Crippen LogP contribution in [0.2, 0.25) is 0 Å². The normalized spacial score (nSPS) is 30.7. The zero-order chi connectivity index (χ0) is 38.0. The molecule has 290 valence electrons. The highest BCUT2D eigenvalue weighted by molar-refractivity contribution is 5.91. The molecule has 0 radical (unpaired) electrons. The minimum absolute atomic E-state index is 0.0809. The monoisotopic (exact) mass is 709 g/mol. The minimum Gasteiger partial charge on any atom is -0.512 e. The second-order valence-corrected chi connectivity index (χ2v) is 17.1. The number of aliphatic hydroxyl groups is 4. The number of ketones is 1. The molecule has 2 aliphatic rings. The van der Waals surface area contributed by atoms with Crippen LogP contribution in [0.15, 0.2) is 24.0 Å². The van der Waals surface area contributed by atoms with Gasteiger partial charge in [-0.25, -0.2) is 0 Å². The number of allylic oxidation sites excluding steroid dienone is 3. The third kappa shape index (κ3) is 13.6. The van der Waals surface area contributed by atoms with Gasteiger partial charge < -0.3 is 35.0 Å². The van der Waals surface area contributed by atoms with Gasteiger partial charge in [0.2, 0.25) is 0 Å². The lowest BCUT2D eigenvalue weighted by Crippen LogP contribution is -2.44. The van der Waals surface area contributed by atoms with Gasteiger partial charge in [-0.15, -0.1) is 0 Å². The Bertz CT molecular complexity index is 1120. The highest BCUT2D eigenvalue weighted by Gasteiger charge is 2.51. The maximum absolute atomic E-state index is 12.8. The van der Waals surface area contributed by atoms with E-state index in [1.165, 1.54) is 6.08 Å². The molecule has 0 bridgehead atoms. The van der Waals surface area contributed by atoms with E-state index in [1.807, 2.05) is 40.7 Å². The minimum atomic E-state index is -0.781. The Morgan fingerprint density at radius 2 is 1.46 bits per heavy atom. The molecule has 2 saturated heterocycles. The molecule has 0 amide bonds. The van der Waals surface area contributed by atoms with E-state index in [1.54, 1.807) is 6.92 Å². The highest BCUT2D eigenvalue weighted by atomic mass is 16.6. The lowest BCUT2D eigenvalue weighted by molar-refractivity contribution is -0.172. The summed E-state index contributed by atoms with van der Waals surface area (Å²) in [6, 6.07) is 0. The molecule has 0 aromatic rings. The number of ether oxygens (including phenoxy) is 2. The predicted octanol–water partition coefficient (Wildman–Crippen LogP) is 7.80. The summed E-state index contributed by atoms with van der Waals surface area (Å²) in [6.07, 6.45) is 10.8. The van der Waals surface area contributed by atoms with E-state index in [4.69, 9.17) is 14.6 Å². The number of aliphatic hydroxyl groups excluding tert-OH is 4. The number of hydrogen-bond acceptors (Lipinski definition) is 8. The van der Waals surface area contributed by atoms with Crippen LogP contribution < -0.4 is 0 Å². The second kappa shape index (κ2) is 19.9. The number of hydrogen-bond donors (Lipinski definition) is 5. The molecule has 0 aliphatic carbocycles.